The minimum absolute atomic E-state index is 0.0614. The number of ketones is 2. The van der Waals surface area contributed by atoms with Crippen LogP contribution < -0.4 is 4.90 Å². The van der Waals surface area contributed by atoms with Gasteiger partial charge >= 0.3 is 0 Å². The normalized spacial score (nSPS) is 19.2. The molecule has 4 heteroatoms. The van der Waals surface area contributed by atoms with Gasteiger partial charge in [0.1, 0.15) is 0 Å². The van der Waals surface area contributed by atoms with Gasteiger partial charge < -0.3 is 4.90 Å². The molecule has 0 bridgehead atoms. The summed E-state index contributed by atoms with van der Waals surface area (Å²) in [5.74, 6) is -0.147. The molecule has 0 aromatic heterocycles. The summed E-state index contributed by atoms with van der Waals surface area (Å²) in [7, 11) is 0. The highest BCUT2D eigenvalue weighted by Crippen LogP contribution is 2.45. The van der Waals surface area contributed by atoms with Crippen LogP contribution in [0, 0.1) is 13.8 Å². The van der Waals surface area contributed by atoms with Crippen LogP contribution in [0.25, 0.3) is 10.8 Å². The molecule has 0 radical (unpaired) electrons. The Hall–Kier alpha value is -3.79. The molecule has 156 valence electrons. The molecule has 2 aliphatic heterocycles. The van der Waals surface area contributed by atoms with E-state index in [1.807, 2.05) is 56.3 Å². The Labute approximate surface area is 186 Å². The van der Waals surface area contributed by atoms with Crippen molar-refractivity contribution in [2.75, 3.05) is 4.90 Å². The number of benzene rings is 3. The van der Waals surface area contributed by atoms with E-state index in [1.165, 1.54) is 11.1 Å². The third-order valence-corrected chi connectivity index (χ3v) is 7.01. The Balaban J connectivity index is 1.58. The fraction of sp³-hybridized carbons (Fsp3) is 0.179. The van der Waals surface area contributed by atoms with Gasteiger partial charge in [0.25, 0.3) is 0 Å². The number of fused-ring (bicyclic) bond motifs is 5. The summed E-state index contributed by atoms with van der Waals surface area (Å²) in [5, 5.41) is 1.93. The number of rotatable bonds is 0. The average Bonchev–Trinajstić information content (AvgIpc) is 2.78. The van der Waals surface area contributed by atoms with Gasteiger partial charge in [-0.3, -0.25) is 9.59 Å². The molecule has 3 aromatic rings. The molecule has 2 heterocycles. The first-order valence-electron chi connectivity index (χ1n) is 10.9. The van der Waals surface area contributed by atoms with Gasteiger partial charge in [-0.1, -0.05) is 24.3 Å². The first-order valence-corrected chi connectivity index (χ1v) is 10.9. The fourth-order valence-corrected chi connectivity index (χ4v) is 5.18. The lowest BCUT2D eigenvalue weighted by atomic mass is 9.77. The highest BCUT2D eigenvalue weighted by molar-refractivity contribution is 6.31. The van der Waals surface area contributed by atoms with Crippen LogP contribution >= 0.6 is 0 Å². The van der Waals surface area contributed by atoms with E-state index < -0.39 is 0 Å². The number of allylic oxidation sites excluding steroid dienone is 3. The van der Waals surface area contributed by atoms with Crippen molar-refractivity contribution in [2.24, 2.45) is 4.99 Å². The summed E-state index contributed by atoms with van der Waals surface area (Å²) >= 11 is 0. The lowest BCUT2D eigenvalue weighted by Gasteiger charge is -2.42. The van der Waals surface area contributed by atoms with E-state index >= 15 is 0 Å². The molecule has 3 aromatic carbocycles. The summed E-state index contributed by atoms with van der Waals surface area (Å²) in [4.78, 5) is 34.3. The van der Waals surface area contributed by atoms with Crippen molar-refractivity contribution in [1.82, 2.24) is 0 Å². The molecule has 6 rings (SSSR count). The van der Waals surface area contributed by atoms with Crippen molar-refractivity contribution in [3.63, 3.8) is 0 Å². The molecule has 0 saturated heterocycles. The van der Waals surface area contributed by atoms with Crippen LogP contribution in [0.1, 0.15) is 45.7 Å². The zero-order chi connectivity index (χ0) is 22.3. The smallest absolute Gasteiger partial charge is 0.194 e. The average molecular weight is 418 g/mol. The molecule has 0 amide bonds. The van der Waals surface area contributed by atoms with Gasteiger partial charge in [0.2, 0.25) is 0 Å². The van der Waals surface area contributed by atoms with E-state index in [-0.39, 0.29) is 17.6 Å². The van der Waals surface area contributed by atoms with Crippen LogP contribution in [0.5, 0.6) is 0 Å². The van der Waals surface area contributed by atoms with Crippen molar-refractivity contribution < 1.29 is 9.59 Å². The first-order chi connectivity index (χ1) is 15.3. The number of aliphatic imine (C=N–C) groups is 1. The van der Waals surface area contributed by atoms with Crippen molar-refractivity contribution in [2.45, 2.75) is 33.7 Å². The second kappa shape index (κ2) is 6.36. The lowest BCUT2D eigenvalue weighted by Crippen LogP contribution is -2.44. The molecule has 1 aliphatic carbocycles. The molecule has 0 unspecified atom stereocenters. The Morgan fingerprint density at radius 2 is 1.47 bits per heavy atom. The van der Waals surface area contributed by atoms with Crippen molar-refractivity contribution in [1.29, 1.82) is 0 Å². The quantitative estimate of drug-likeness (QED) is 0.448. The third kappa shape index (κ3) is 2.41. The largest absolute Gasteiger partial charge is 0.331 e. The highest BCUT2D eigenvalue weighted by atomic mass is 16.1. The molecule has 3 aliphatic rings. The van der Waals surface area contributed by atoms with Crippen LogP contribution in [0.15, 0.2) is 76.4 Å². The summed E-state index contributed by atoms with van der Waals surface area (Å²) in [5.41, 5.74) is 8.03. The van der Waals surface area contributed by atoms with E-state index in [4.69, 9.17) is 4.99 Å². The summed E-state index contributed by atoms with van der Waals surface area (Å²) < 4.78 is 0. The molecule has 4 nitrogen and oxygen atoms in total. The summed E-state index contributed by atoms with van der Waals surface area (Å²) in [6.07, 6.45) is 1.87. The van der Waals surface area contributed by atoms with E-state index in [0.29, 0.717) is 22.3 Å². The predicted octanol–water partition coefficient (Wildman–Crippen LogP) is 6.03. The molecule has 0 fully saturated rings. The summed E-state index contributed by atoms with van der Waals surface area (Å²) in [6, 6.07) is 15.5. The fourth-order valence-electron chi connectivity index (χ4n) is 5.18. The molecule has 0 spiro atoms. The molecular formula is C28H22N2O2. The number of aryl methyl sites for hydroxylation is 2. The van der Waals surface area contributed by atoms with Crippen LogP contribution in [0.3, 0.4) is 0 Å². The molecule has 1 atom stereocenters. The van der Waals surface area contributed by atoms with E-state index in [1.54, 1.807) is 0 Å². The SMILES string of the molecule is CC1=Nc2cc(C)c(C)cc2N2C1=CC1=C(C(=O)c3cc4ccccc4cc3C1=O)[C@@H]2C. The van der Waals surface area contributed by atoms with E-state index in [9.17, 15) is 9.59 Å². The van der Waals surface area contributed by atoms with Gasteiger partial charge in [0.15, 0.2) is 11.6 Å². The number of hydrogen-bond acceptors (Lipinski definition) is 4. The van der Waals surface area contributed by atoms with E-state index in [0.717, 1.165) is 33.6 Å². The second-order valence-corrected chi connectivity index (χ2v) is 8.93. The number of nitrogens with zero attached hydrogens (tertiary/aromatic N) is 2. The van der Waals surface area contributed by atoms with Crippen molar-refractivity contribution in [3.05, 3.63) is 93.7 Å². The monoisotopic (exact) mass is 418 g/mol. The minimum atomic E-state index is -0.271. The number of anilines is 1. The number of carbonyl (C=O) groups excluding carboxylic acids is 2. The predicted molar refractivity (Wildman–Crippen MR) is 128 cm³/mol. The minimum Gasteiger partial charge on any atom is -0.331 e. The summed E-state index contributed by atoms with van der Waals surface area (Å²) in [6.45, 7) is 8.14. The Morgan fingerprint density at radius 3 is 2.16 bits per heavy atom. The van der Waals surface area contributed by atoms with Crippen molar-refractivity contribution >= 4 is 39.4 Å². The molecule has 32 heavy (non-hydrogen) atoms. The van der Waals surface area contributed by atoms with Gasteiger partial charge in [0.05, 0.1) is 28.8 Å². The third-order valence-electron chi connectivity index (χ3n) is 7.01. The number of hydrogen-bond donors (Lipinski definition) is 0. The maximum absolute atomic E-state index is 13.7. The lowest BCUT2D eigenvalue weighted by molar-refractivity contribution is 0.0972. The Bertz CT molecular complexity index is 1500. The van der Waals surface area contributed by atoms with Crippen molar-refractivity contribution in [3.8, 4) is 0 Å². The second-order valence-electron chi connectivity index (χ2n) is 8.93. The highest BCUT2D eigenvalue weighted by Gasteiger charge is 2.42. The van der Waals surface area contributed by atoms with Crippen LogP contribution in [-0.2, 0) is 0 Å². The maximum Gasteiger partial charge on any atom is 0.194 e. The van der Waals surface area contributed by atoms with Crippen LogP contribution in [0.4, 0.5) is 11.4 Å². The number of Topliss-reactive ketones (excluding diaryl/α,β-unsaturated/α-hetero) is 2. The Kier molecular flexibility index (Phi) is 3.76. The standard InChI is InChI=1S/C28H22N2O2/c1-14-9-23-25(10-15(14)2)30-17(4)26-22(13-24(30)16(3)29-23)27(31)20-11-18-7-5-6-8-19(18)12-21(20)28(26)32/h5-13,17H,1-4H3/t17-/m0/s1. The van der Waals surface area contributed by atoms with Gasteiger partial charge in [-0.2, -0.15) is 0 Å². The van der Waals surface area contributed by atoms with Gasteiger partial charge in [-0.25, -0.2) is 4.99 Å². The van der Waals surface area contributed by atoms with Crippen LogP contribution in [0.2, 0.25) is 0 Å². The number of carbonyl (C=O) groups is 2. The molecule has 0 saturated carbocycles. The maximum atomic E-state index is 13.7. The topological polar surface area (TPSA) is 49.7 Å². The first kappa shape index (κ1) is 18.9. The van der Waals surface area contributed by atoms with Crippen LogP contribution in [-0.4, -0.2) is 23.3 Å². The van der Waals surface area contributed by atoms with E-state index in [2.05, 4.69) is 30.9 Å². The van der Waals surface area contributed by atoms with Gasteiger partial charge in [-0.15, -0.1) is 0 Å². The van der Waals surface area contributed by atoms with Gasteiger partial charge in [0, 0.05) is 22.3 Å². The zero-order valence-electron chi connectivity index (χ0n) is 18.5. The van der Waals surface area contributed by atoms with Gasteiger partial charge in [-0.05, 0) is 79.9 Å². The zero-order valence-corrected chi connectivity index (χ0v) is 18.5. The Morgan fingerprint density at radius 1 is 0.844 bits per heavy atom. The molecular weight excluding hydrogens is 396 g/mol. The molecule has 0 N–H and O–H groups in total.